The van der Waals surface area contributed by atoms with Crippen LogP contribution in [0.25, 0.3) is 0 Å². The van der Waals surface area contributed by atoms with E-state index in [1.807, 2.05) is 0 Å². The predicted octanol–water partition coefficient (Wildman–Crippen LogP) is 2.40. The van der Waals surface area contributed by atoms with Crippen LogP contribution in [-0.4, -0.2) is 54.2 Å². The van der Waals surface area contributed by atoms with Crippen LogP contribution in [0.1, 0.15) is 36.6 Å². The molecule has 2 heterocycles. The first-order valence-electron chi connectivity index (χ1n) is 7.82. The molecule has 1 saturated heterocycles. The summed E-state index contributed by atoms with van der Waals surface area (Å²) in [5, 5.41) is 10.8. The number of likely N-dealkylation sites (tertiary alicyclic amines) is 1. The molecular formula is C17H26N2OS. The van der Waals surface area contributed by atoms with Crippen LogP contribution in [0.4, 0.5) is 0 Å². The molecule has 0 radical (unpaired) electrons. The zero-order valence-corrected chi connectivity index (χ0v) is 14.0. The average Bonchev–Trinajstić information content (AvgIpc) is 3.08. The summed E-state index contributed by atoms with van der Waals surface area (Å²) in [4.78, 5) is 6.39. The Bertz CT molecular complexity index is 488. The third-order valence-electron chi connectivity index (χ3n) is 3.98. The second-order valence-electron chi connectivity index (χ2n) is 5.70. The Balaban J connectivity index is 1.82. The van der Waals surface area contributed by atoms with Crippen molar-refractivity contribution in [2.24, 2.45) is 0 Å². The molecule has 4 heteroatoms. The minimum absolute atomic E-state index is 0.141. The van der Waals surface area contributed by atoms with Crippen LogP contribution in [-0.2, 0) is 6.54 Å². The highest BCUT2D eigenvalue weighted by Gasteiger charge is 2.23. The Hall–Kier alpha value is -0.860. The van der Waals surface area contributed by atoms with Gasteiger partial charge >= 0.3 is 0 Å². The van der Waals surface area contributed by atoms with Gasteiger partial charge < -0.3 is 5.11 Å². The van der Waals surface area contributed by atoms with Crippen molar-refractivity contribution in [2.45, 2.75) is 38.8 Å². The molecule has 0 aromatic carbocycles. The molecule has 1 N–H and O–H groups in total. The first kappa shape index (κ1) is 16.5. The lowest BCUT2D eigenvalue weighted by Gasteiger charge is -2.27. The van der Waals surface area contributed by atoms with Crippen molar-refractivity contribution >= 4 is 11.3 Å². The summed E-state index contributed by atoms with van der Waals surface area (Å²) in [6.45, 7) is 6.98. The van der Waals surface area contributed by atoms with Gasteiger partial charge in [0.25, 0.3) is 0 Å². The van der Waals surface area contributed by atoms with Crippen LogP contribution < -0.4 is 0 Å². The fraction of sp³-hybridized carbons (Fsp3) is 0.647. The van der Waals surface area contributed by atoms with E-state index in [4.69, 9.17) is 5.11 Å². The van der Waals surface area contributed by atoms with Crippen molar-refractivity contribution in [3.63, 3.8) is 0 Å². The molecule has 21 heavy (non-hydrogen) atoms. The number of rotatable bonds is 6. The highest BCUT2D eigenvalue weighted by Crippen LogP contribution is 2.20. The molecule has 1 aromatic heterocycles. The standard InChI is InChI=1S/C17H26N2OS/c1-3-19-9-6-8-16(19)12-18(2)13-17-11-15(14-21-17)7-4-5-10-20/h11,14,16,20H,3,5-6,8-10,12-13H2,1-2H3. The van der Waals surface area contributed by atoms with Crippen molar-refractivity contribution in [3.05, 3.63) is 21.9 Å². The van der Waals surface area contributed by atoms with Crippen LogP contribution >= 0.6 is 11.3 Å². The molecule has 116 valence electrons. The van der Waals surface area contributed by atoms with Gasteiger partial charge in [-0.25, -0.2) is 0 Å². The maximum atomic E-state index is 8.74. The van der Waals surface area contributed by atoms with Crippen LogP contribution in [0.3, 0.4) is 0 Å². The monoisotopic (exact) mass is 306 g/mol. The number of likely N-dealkylation sites (N-methyl/N-ethyl adjacent to an activating group) is 2. The zero-order valence-electron chi connectivity index (χ0n) is 13.1. The average molecular weight is 306 g/mol. The summed E-state index contributed by atoms with van der Waals surface area (Å²) in [6.07, 6.45) is 3.23. The van der Waals surface area contributed by atoms with E-state index in [2.05, 4.69) is 47.1 Å². The second kappa shape index (κ2) is 8.55. The van der Waals surface area contributed by atoms with Gasteiger partial charge in [-0.05, 0) is 39.0 Å². The van der Waals surface area contributed by atoms with Crippen molar-refractivity contribution in [1.82, 2.24) is 9.80 Å². The first-order valence-corrected chi connectivity index (χ1v) is 8.70. The lowest BCUT2D eigenvalue weighted by Crippen LogP contribution is -2.38. The first-order chi connectivity index (χ1) is 10.2. The Labute approximate surface area is 132 Å². The van der Waals surface area contributed by atoms with Gasteiger partial charge in [-0.2, -0.15) is 0 Å². The van der Waals surface area contributed by atoms with E-state index >= 15 is 0 Å². The quantitative estimate of drug-likeness (QED) is 0.818. The second-order valence-corrected chi connectivity index (χ2v) is 6.69. The van der Waals surface area contributed by atoms with Crippen LogP contribution in [0.15, 0.2) is 11.4 Å². The Morgan fingerprint density at radius 1 is 1.52 bits per heavy atom. The molecule has 1 aromatic rings. The molecule has 0 spiro atoms. The Morgan fingerprint density at radius 2 is 2.38 bits per heavy atom. The normalized spacial score (nSPS) is 19.0. The summed E-state index contributed by atoms with van der Waals surface area (Å²) >= 11 is 1.78. The zero-order chi connectivity index (χ0) is 15.1. The molecule has 1 unspecified atom stereocenters. The van der Waals surface area contributed by atoms with Gasteiger partial charge in [0.15, 0.2) is 0 Å². The minimum atomic E-state index is 0.141. The maximum Gasteiger partial charge on any atom is 0.0540 e. The number of hydrogen-bond acceptors (Lipinski definition) is 4. The van der Waals surface area contributed by atoms with Gasteiger partial charge in [0.2, 0.25) is 0 Å². The third-order valence-corrected chi connectivity index (χ3v) is 4.90. The van der Waals surface area contributed by atoms with E-state index in [0.29, 0.717) is 6.42 Å². The Morgan fingerprint density at radius 3 is 3.14 bits per heavy atom. The topological polar surface area (TPSA) is 26.7 Å². The molecule has 2 rings (SSSR count). The fourth-order valence-corrected chi connectivity index (χ4v) is 3.85. The number of nitrogens with zero attached hydrogens (tertiary/aromatic N) is 2. The molecule has 0 bridgehead atoms. The van der Waals surface area contributed by atoms with Gasteiger partial charge in [0.05, 0.1) is 6.61 Å². The highest BCUT2D eigenvalue weighted by molar-refractivity contribution is 7.10. The van der Waals surface area contributed by atoms with E-state index in [-0.39, 0.29) is 6.61 Å². The van der Waals surface area contributed by atoms with E-state index < -0.39 is 0 Å². The fourth-order valence-electron chi connectivity index (χ4n) is 2.96. The molecule has 0 aliphatic carbocycles. The van der Waals surface area contributed by atoms with Gasteiger partial charge in [-0.1, -0.05) is 18.8 Å². The van der Waals surface area contributed by atoms with Gasteiger partial charge in [0, 0.05) is 41.4 Å². The van der Waals surface area contributed by atoms with Crippen molar-refractivity contribution in [3.8, 4) is 11.8 Å². The molecule has 1 atom stereocenters. The molecule has 3 nitrogen and oxygen atoms in total. The maximum absolute atomic E-state index is 8.74. The van der Waals surface area contributed by atoms with Gasteiger partial charge in [-0.3, -0.25) is 9.80 Å². The molecule has 1 aliphatic heterocycles. The van der Waals surface area contributed by atoms with E-state index in [0.717, 1.165) is 24.7 Å². The molecule has 0 saturated carbocycles. The summed E-state index contributed by atoms with van der Waals surface area (Å²) in [6, 6.07) is 2.90. The van der Waals surface area contributed by atoms with Gasteiger partial charge in [-0.15, -0.1) is 11.3 Å². The highest BCUT2D eigenvalue weighted by atomic mass is 32.1. The largest absolute Gasteiger partial charge is 0.395 e. The molecular weight excluding hydrogens is 280 g/mol. The number of aliphatic hydroxyl groups excluding tert-OH is 1. The van der Waals surface area contributed by atoms with Crippen molar-refractivity contribution in [1.29, 1.82) is 0 Å². The lowest BCUT2D eigenvalue weighted by molar-refractivity contribution is 0.195. The lowest BCUT2D eigenvalue weighted by atomic mass is 10.2. The smallest absolute Gasteiger partial charge is 0.0540 e. The molecule has 0 amide bonds. The van der Waals surface area contributed by atoms with Crippen LogP contribution in [0.2, 0.25) is 0 Å². The summed E-state index contributed by atoms with van der Waals surface area (Å²) in [5.74, 6) is 6.08. The number of thiophene rings is 1. The molecule has 1 aliphatic rings. The van der Waals surface area contributed by atoms with Gasteiger partial charge in [0.1, 0.15) is 0 Å². The summed E-state index contributed by atoms with van der Waals surface area (Å²) in [7, 11) is 2.21. The minimum Gasteiger partial charge on any atom is -0.395 e. The van der Waals surface area contributed by atoms with Crippen LogP contribution in [0, 0.1) is 11.8 Å². The SMILES string of the molecule is CCN1CCCC1CN(C)Cc1cc(C#CCCO)cs1. The molecule has 1 fully saturated rings. The van der Waals surface area contributed by atoms with Crippen molar-refractivity contribution < 1.29 is 5.11 Å². The predicted molar refractivity (Wildman–Crippen MR) is 89.5 cm³/mol. The van der Waals surface area contributed by atoms with E-state index in [1.54, 1.807) is 11.3 Å². The number of hydrogen-bond donors (Lipinski definition) is 1. The summed E-state index contributed by atoms with van der Waals surface area (Å²) < 4.78 is 0. The van der Waals surface area contributed by atoms with E-state index in [9.17, 15) is 0 Å². The van der Waals surface area contributed by atoms with Crippen LogP contribution in [0.5, 0.6) is 0 Å². The van der Waals surface area contributed by atoms with E-state index in [1.165, 1.54) is 30.8 Å². The third kappa shape index (κ3) is 5.12. The Kier molecular flexibility index (Phi) is 6.72. The summed E-state index contributed by atoms with van der Waals surface area (Å²) in [5.41, 5.74) is 1.08. The number of aliphatic hydroxyl groups is 1. The van der Waals surface area contributed by atoms with Crippen molar-refractivity contribution in [2.75, 3.05) is 33.3 Å².